The molecule has 1 aromatic heterocycles. The zero-order valence-electron chi connectivity index (χ0n) is 10.0. The van der Waals surface area contributed by atoms with Crippen molar-refractivity contribution in [1.29, 1.82) is 10.7 Å². The molecule has 0 fully saturated rings. The number of nitrogens with one attached hydrogen (secondary N) is 1. The van der Waals surface area contributed by atoms with E-state index in [4.69, 9.17) is 10.7 Å². The first kappa shape index (κ1) is 10.8. The summed E-state index contributed by atoms with van der Waals surface area (Å²) < 4.78 is 0. The molecule has 3 nitrogen and oxygen atoms in total. The fraction of sp³-hybridized carbons (Fsp3) is 0.462. The molecule has 0 spiro atoms. The summed E-state index contributed by atoms with van der Waals surface area (Å²) >= 11 is 0. The van der Waals surface area contributed by atoms with Gasteiger partial charge in [0.1, 0.15) is 11.8 Å². The number of nitrogens with zero attached hydrogens (tertiary/aromatic N) is 2. The highest BCUT2D eigenvalue weighted by Gasteiger charge is 2.50. The van der Waals surface area contributed by atoms with Crippen LogP contribution in [-0.4, -0.2) is 10.7 Å². The Bertz CT molecular complexity index is 518. The third-order valence-corrected chi connectivity index (χ3v) is 4.11. The molecule has 0 amide bonds. The maximum atomic E-state index is 8.83. The molecule has 1 aliphatic carbocycles. The fourth-order valence-electron chi connectivity index (χ4n) is 2.16. The van der Waals surface area contributed by atoms with Gasteiger partial charge in [0.25, 0.3) is 0 Å². The maximum Gasteiger partial charge on any atom is 0.141 e. The van der Waals surface area contributed by atoms with Crippen LogP contribution in [0.5, 0.6) is 0 Å². The van der Waals surface area contributed by atoms with Crippen LogP contribution < -0.4 is 0 Å². The first-order chi connectivity index (χ1) is 7.32. The van der Waals surface area contributed by atoms with Crippen molar-refractivity contribution in [2.75, 3.05) is 0 Å². The van der Waals surface area contributed by atoms with Crippen LogP contribution in [0, 0.1) is 22.2 Å². The summed E-state index contributed by atoms with van der Waals surface area (Å²) in [7, 11) is 0. The second-order valence-corrected chi connectivity index (χ2v) is 5.33. The first-order valence-electron chi connectivity index (χ1n) is 5.33. The van der Waals surface area contributed by atoms with Crippen LogP contribution in [0.25, 0.3) is 0 Å². The van der Waals surface area contributed by atoms with Crippen molar-refractivity contribution in [2.24, 2.45) is 5.41 Å². The lowest BCUT2D eigenvalue weighted by Gasteiger charge is -2.34. The summed E-state index contributed by atoms with van der Waals surface area (Å²) in [6.07, 6.45) is 0. The lowest BCUT2D eigenvalue weighted by atomic mass is 9.68. The van der Waals surface area contributed by atoms with Gasteiger partial charge < -0.3 is 5.41 Å². The molecule has 0 radical (unpaired) electrons. The van der Waals surface area contributed by atoms with Gasteiger partial charge in [0.05, 0.1) is 11.4 Å². The molecule has 3 heteroatoms. The number of hydrogen-bond acceptors (Lipinski definition) is 3. The normalized spacial score (nSPS) is 20.3. The minimum absolute atomic E-state index is 0.111. The van der Waals surface area contributed by atoms with Gasteiger partial charge in [-0.15, -0.1) is 0 Å². The summed E-state index contributed by atoms with van der Waals surface area (Å²) in [4.78, 5) is 4.26. The van der Waals surface area contributed by atoms with Crippen molar-refractivity contribution in [1.82, 2.24) is 4.98 Å². The minimum atomic E-state index is -0.240. The Balaban J connectivity index is 2.74. The maximum absolute atomic E-state index is 8.83. The quantitative estimate of drug-likeness (QED) is 0.720. The molecule has 82 valence electrons. The van der Waals surface area contributed by atoms with Gasteiger partial charge in [0, 0.05) is 10.8 Å². The van der Waals surface area contributed by atoms with E-state index in [1.54, 1.807) is 6.07 Å². The SMILES string of the molecule is CC1(C)C(=N)c2nc(C#N)ccc2C1(C)C. The molecule has 0 saturated heterocycles. The van der Waals surface area contributed by atoms with Crippen LogP contribution in [0.1, 0.15) is 44.6 Å². The van der Waals surface area contributed by atoms with E-state index >= 15 is 0 Å². The van der Waals surface area contributed by atoms with E-state index in [0.29, 0.717) is 17.1 Å². The average Bonchev–Trinajstić information content (AvgIpc) is 2.38. The van der Waals surface area contributed by atoms with Gasteiger partial charge in [-0.1, -0.05) is 33.8 Å². The second-order valence-electron chi connectivity index (χ2n) is 5.33. The van der Waals surface area contributed by atoms with Gasteiger partial charge in [-0.3, -0.25) is 0 Å². The van der Waals surface area contributed by atoms with E-state index in [9.17, 15) is 0 Å². The Morgan fingerprint density at radius 3 is 2.38 bits per heavy atom. The number of fused-ring (bicyclic) bond motifs is 1. The van der Waals surface area contributed by atoms with E-state index in [0.717, 1.165) is 5.56 Å². The van der Waals surface area contributed by atoms with Gasteiger partial charge in [-0.25, -0.2) is 4.98 Å². The summed E-state index contributed by atoms with van der Waals surface area (Å²) in [5.74, 6) is 0. The Kier molecular flexibility index (Phi) is 1.97. The fourth-order valence-corrected chi connectivity index (χ4v) is 2.16. The van der Waals surface area contributed by atoms with Crippen LogP contribution in [0.3, 0.4) is 0 Å². The van der Waals surface area contributed by atoms with Crippen molar-refractivity contribution in [3.05, 3.63) is 29.1 Å². The van der Waals surface area contributed by atoms with Crippen LogP contribution in [0.2, 0.25) is 0 Å². The molecular formula is C13H15N3. The van der Waals surface area contributed by atoms with Crippen molar-refractivity contribution in [3.63, 3.8) is 0 Å². The number of nitriles is 1. The van der Waals surface area contributed by atoms with Crippen molar-refractivity contribution >= 4 is 5.71 Å². The minimum Gasteiger partial charge on any atom is -0.302 e. The molecule has 0 unspecified atom stereocenters. The largest absolute Gasteiger partial charge is 0.302 e. The number of aromatic nitrogens is 1. The Morgan fingerprint density at radius 2 is 1.81 bits per heavy atom. The summed E-state index contributed by atoms with van der Waals surface area (Å²) in [5.41, 5.74) is 2.33. The van der Waals surface area contributed by atoms with Crippen molar-refractivity contribution in [2.45, 2.75) is 33.1 Å². The third-order valence-electron chi connectivity index (χ3n) is 4.11. The highest BCUT2D eigenvalue weighted by Crippen LogP contribution is 2.50. The number of hydrogen-bond donors (Lipinski definition) is 1. The van der Waals surface area contributed by atoms with E-state index in [2.05, 4.69) is 32.7 Å². The van der Waals surface area contributed by atoms with Gasteiger partial charge in [0.2, 0.25) is 0 Å². The lowest BCUT2D eigenvalue weighted by Crippen LogP contribution is -2.35. The van der Waals surface area contributed by atoms with Gasteiger partial charge in [0.15, 0.2) is 0 Å². The van der Waals surface area contributed by atoms with E-state index < -0.39 is 0 Å². The molecule has 1 N–H and O–H groups in total. The van der Waals surface area contributed by atoms with Gasteiger partial charge >= 0.3 is 0 Å². The highest BCUT2D eigenvalue weighted by atomic mass is 14.8. The summed E-state index contributed by atoms with van der Waals surface area (Å²) in [5, 5.41) is 17.0. The Morgan fingerprint density at radius 1 is 1.19 bits per heavy atom. The third kappa shape index (κ3) is 1.07. The zero-order chi connectivity index (χ0) is 12.1. The van der Waals surface area contributed by atoms with Crippen LogP contribution in [0.4, 0.5) is 0 Å². The van der Waals surface area contributed by atoms with Crippen LogP contribution in [-0.2, 0) is 5.41 Å². The monoisotopic (exact) mass is 213 g/mol. The van der Waals surface area contributed by atoms with E-state index in [-0.39, 0.29) is 10.8 Å². The van der Waals surface area contributed by atoms with Crippen LogP contribution >= 0.6 is 0 Å². The molecule has 0 saturated carbocycles. The molecule has 1 aromatic rings. The molecular weight excluding hydrogens is 198 g/mol. The number of pyridine rings is 1. The second kappa shape index (κ2) is 2.91. The topological polar surface area (TPSA) is 60.5 Å². The first-order valence-corrected chi connectivity index (χ1v) is 5.33. The zero-order valence-corrected chi connectivity index (χ0v) is 10.0. The van der Waals surface area contributed by atoms with Crippen molar-refractivity contribution < 1.29 is 0 Å². The molecule has 1 aliphatic rings. The van der Waals surface area contributed by atoms with E-state index in [1.807, 2.05) is 12.1 Å². The Labute approximate surface area is 95.6 Å². The molecule has 16 heavy (non-hydrogen) atoms. The standard InChI is InChI=1S/C13H15N3/c1-12(2)9-6-5-8(7-14)16-10(9)11(15)13(12,3)4/h5-6,15H,1-4H3. The molecule has 0 aliphatic heterocycles. The van der Waals surface area contributed by atoms with Crippen molar-refractivity contribution in [3.8, 4) is 6.07 Å². The lowest BCUT2D eigenvalue weighted by molar-refractivity contribution is 0.310. The molecule has 0 bridgehead atoms. The predicted octanol–water partition coefficient (Wildman–Crippen LogP) is 2.64. The highest BCUT2D eigenvalue weighted by molar-refractivity contribution is 6.06. The smallest absolute Gasteiger partial charge is 0.141 e. The molecule has 1 heterocycles. The molecule has 0 atom stereocenters. The van der Waals surface area contributed by atoms with E-state index in [1.165, 1.54) is 0 Å². The summed E-state index contributed by atoms with van der Waals surface area (Å²) in [6.45, 7) is 8.37. The van der Waals surface area contributed by atoms with Gasteiger partial charge in [-0.2, -0.15) is 5.26 Å². The number of rotatable bonds is 0. The Hall–Kier alpha value is -1.69. The van der Waals surface area contributed by atoms with Gasteiger partial charge in [-0.05, 0) is 11.6 Å². The average molecular weight is 213 g/mol. The predicted molar refractivity (Wildman–Crippen MR) is 62.6 cm³/mol. The summed E-state index contributed by atoms with van der Waals surface area (Å²) in [6, 6.07) is 5.69. The van der Waals surface area contributed by atoms with Crippen LogP contribution in [0.15, 0.2) is 12.1 Å². The molecule has 0 aromatic carbocycles. The molecule has 2 rings (SSSR count).